The van der Waals surface area contributed by atoms with Crippen molar-refractivity contribution in [2.75, 3.05) is 26.8 Å². The third-order valence-electron chi connectivity index (χ3n) is 3.82. The Morgan fingerprint density at radius 2 is 2.10 bits per heavy atom. The van der Waals surface area contributed by atoms with Crippen LogP contribution in [0.2, 0.25) is 0 Å². The van der Waals surface area contributed by atoms with Gasteiger partial charge in [0.25, 0.3) is 0 Å². The van der Waals surface area contributed by atoms with E-state index in [1.807, 2.05) is 6.07 Å². The first-order valence-corrected chi connectivity index (χ1v) is 7.45. The van der Waals surface area contributed by atoms with Crippen LogP contribution in [0, 0.1) is 18.2 Å². The highest BCUT2D eigenvalue weighted by Gasteiger charge is 2.24. The van der Waals surface area contributed by atoms with E-state index < -0.39 is 0 Å². The van der Waals surface area contributed by atoms with Gasteiger partial charge in [0.1, 0.15) is 5.82 Å². The molecular weight excluding hydrogens is 253 g/mol. The molecule has 0 spiro atoms. The van der Waals surface area contributed by atoms with Crippen molar-refractivity contribution < 1.29 is 9.13 Å². The molecule has 20 heavy (non-hydrogen) atoms. The first-order chi connectivity index (χ1) is 9.50. The second kappa shape index (κ2) is 8.38. The quantitative estimate of drug-likeness (QED) is 0.697. The van der Waals surface area contributed by atoms with Crippen LogP contribution in [-0.4, -0.2) is 26.8 Å². The van der Waals surface area contributed by atoms with Crippen molar-refractivity contribution in [2.24, 2.45) is 5.41 Å². The van der Waals surface area contributed by atoms with Crippen LogP contribution in [0.4, 0.5) is 4.39 Å². The van der Waals surface area contributed by atoms with E-state index in [1.54, 1.807) is 13.2 Å². The zero-order valence-electron chi connectivity index (χ0n) is 13.3. The molecule has 1 unspecified atom stereocenters. The van der Waals surface area contributed by atoms with Crippen molar-refractivity contribution in [3.8, 4) is 0 Å². The third-order valence-corrected chi connectivity index (χ3v) is 3.82. The molecule has 1 rings (SSSR count). The zero-order chi connectivity index (χ0) is 15.0. The number of benzene rings is 1. The molecule has 3 heteroatoms. The molecule has 114 valence electrons. The van der Waals surface area contributed by atoms with Crippen LogP contribution in [0.15, 0.2) is 18.2 Å². The summed E-state index contributed by atoms with van der Waals surface area (Å²) in [7, 11) is 1.71. The number of hydrogen-bond acceptors (Lipinski definition) is 2. The van der Waals surface area contributed by atoms with Crippen LogP contribution in [-0.2, 0) is 11.2 Å². The fraction of sp³-hybridized carbons (Fsp3) is 0.647. The number of rotatable bonds is 9. The summed E-state index contributed by atoms with van der Waals surface area (Å²) in [5.41, 5.74) is 2.45. The summed E-state index contributed by atoms with van der Waals surface area (Å²) < 4.78 is 18.5. The van der Waals surface area contributed by atoms with Crippen LogP contribution >= 0.6 is 0 Å². The molecule has 0 fully saturated rings. The molecule has 0 radical (unpaired) electrons. The van der Waals surface area contributed by atoms with Gasteiger partial charge >= 0.3 is 0 Å². The Morgan fingerprint density at radius 3 is 2.75 bits per heavy atom. The summed E-state index contributed by atoms with van der Waals surface area (Å²) in [5, 5.41) is 3.45. The minimum Gasteiger partial charge on any atom is -0.383 e. The molecule has 1 aromatic carbocycles. The van der Waals surface area contributed by atoms with Gasteiger partial charge in [-0.15, -0.1) is 0 Å². The van der Waals surface area contributed by atoms with Crippen LogP contribution in [0.1, 0.15) is 37.8 Å². The Kier molecular flexibility index (Phi) is 7.17. The van der Waals surface area contributed by atoms with Gasteiger partial charge in [0.2, 0.25) is 0 Å². The average molecular weight is 281 g/mol. The van der Waals surface area contributed by atoms with Gasteiger partial charge in [-0.2, -0.15) is 0 Å². The van der Waals surface area contributed by atoms with Gasteiger partial charge in [-0.05, 0) is 48.4 Å². The smallest absolute Gasteiger partial charge is 0.123 e. The number of ether oxygens (including phenoxy) is 1. The highest BCUT2D eigenvalue weighted by molar-refractivity contribution is 5.27. The van der Waals surface area contributed by atoms with Gasteiger partial charge in [0, 0.05) is 20.2 Å². The lowest BCUT2D eigenvalue weighted by Crippen LogP contribution is -2.35. The predicted molar refractivity (Wildman–Crippen MR) is 82.6 cm³/mol. The van der Waals surface area contributed by atoms with E-state index in [2.05, 4.69) is 26.1 Å². The van der Waals surface area contributed by atoms with Gasteiger partial charge in [0.05, 0.1) is 6.61 Å². The van der Waals surface area contributed by atoms with Gasteiger partial charge < -0.3 is 10.1 Å². The molecule has 1 atom stereocenters. The van der Waals surface area contributed by atoms with E-state index in [0.29, 0.717) is 0 Å². The first kappa shape index (κ1) is 17.1. The van der Waals surface area contributed by atoms with Gasteiger partial charge in [-0.25, -0.2) is 4.39 Å². The third kappa shape index (κ3) is 5.59. The Hall–Kier alpha value is -0.930. The molecule has 1 N–H and O–H groups in total. The van der Waals surface area contributed by atoms with E-state index in [4.69, 9.17) is 4.74 Å². The van der Waals surface area contributed by atoms with E-state index >= 15 is 0 Å². The molecule has 0 aliphatic heterocycles. The number of methoxy groups -OCH3 is 1. The van der Waals surface area contributed by atoms with E-state index in [9.17, 15) is 4.39 Å². The first-order valence-electron chi connectivity index (χ1n) is 7.45. The maximum absolute atomic E-state index is 13.4. The lowest BCUT2D eigenvalue weighted by Gasteiger charge is -2.30. The largest absolute Gasteiger partial charge is 0.383 e. The summed E-state index contributed by atoms with van der Waals surface area (Å²) in [5.74, 6) is -0.142. The van der Waals surface area contributed by atoms with Crippen LogP contribution < -0.4 is 5.32 Å². The highest BCUT2D eigenvalue weighted by Crippen LogP contribution is 2.29. The van der Waals surface area contributed by atoms with Crippen molar-refractivity contribution in [1.29, 1.82) is 0 Å². The fourth-order valence-electron chi connectivity index (χ4n) is 2.70. The maximum Gasteiger partial charge on any atom is 0.123 e. The second-order valence-corrected chi connectivity index (χ2v) is 5.98. The number of hydrogen-bond donors (Lipinski definition) is 1. The van der Waals surface area contributed by atoms with E-state index in [1.165, 1.54) is 11.6 Å². The standard InChI is InChI=1S/C17H28FNO/c1-5-8-17(3,13-19-9-10-20-4)12-15-11-16(18)7-6-14(15)2/h6-7,11,19H,5,8-10,12-13H2,1-4H3. The van der Waals surface area contributed by atoms with Crippen LogP contribution in [0.25, 0.3) is 0 Å². The van der Waals surface area contributed by atoms with Crippen LogP contribution in [0.5, 0.6) is 0 Å². The van der Waals surface area contributed by atoms with Crippen molar-refractivity contribution in [2.45, 2.75) is 40.0 Å². The molecule has 0 heterocycles. The Labute approximate surface area is 122 Å². The molecule has 0 aromatic heterocycles. The molecule has 0 saturated carbocycles. The van der Waals surface area contributed by atoms with Gasteiger partial charge in [0.15, 0.2) is 0 Å². The SMILES string of the molecule is CCCC(C)(CNCCOC)Cc1cc(F)ccc1C. The van der Waals surface area contributed by atoms with Crippen molar-refractivity contribution in [1.82, 2.24) is 5.32 Å². The normalized spacial score (nSPS) is 14.2. The lowest BCUT2D eigenvalue weighted by molar-refractivity contribution is 0.190. The number of nitrogens with one attached hydrogen (secondary N) is 1. The molecule has 0 bridgehead atoms. The Bertz CT molecular complexity index is 408. The summed E-state index contributed by atoms with van der Waals surface area (Å²) in [6, 6.07) is 5.08. The summed E-state index contributed by atoms with van der Waals surface area (Å²) >= 11 is 0. The number of aryl methyl sites for hydroxylation is 1. The zero-order valence-corrected chi connectivity index (χ0v) is 13.3. The molecule has 1 aromatic rings. The van der Waals surface area contributed by atoms with E-state index in [0.717, 1.165) is 44.5 Å². The van der Waals surface area contributed by atoms with Crippen LogP contribution in [0.3, 0.4) is 0 Å². The monoisotopic (exact) mass is 281 g/mol. The topological polar surface area (TPSA) is 21.3 Å². The summed E-state index contributed by atoms with van der Waals surface area (Å²) in [6.07, 6.45) is 3.17. The fourth-order valence-corrected chi connectivity index (χ4v) is 2.70. The summed E-state index contributed by atoms with van der Waals surface area (Å²) in [4.78, 5) is 0. The summed E-state index contributed by atoms with van der Waals surface area (Å²) in [6.45, 7) is 9.05. The van der Waals surface area contributed by atoms with Crippen molar-refractivity contribution in [3.05, 3.63) is 35.1 Å². The van der Waals surface area contributed by atoms with Gasteiger partial charge in [-0.1, -0.05) is 26.3 Å². The van der Waals surface area contributed by atoms with Crippen molar-refractivity contribution in [3.63, 3.8) is 0 Å². The number of halogens is 1. The average Bonchev–Trinajstić information content (AvgIpc) is 2.39. The highest BCUT2D eigenvalue weighted by atomic mass is 19.1. The second-order valence-electron chi connectivity index (χ2n) is 5.98. The predicted octanol–water partition coefficient (Wildman–Crippen LogP) is 3.72. The molecule has 0 saturated heterocycles. The lowest BCUT2D eigenvalue weighted by atomic mass is 9.78. The Balaban J connectivity index is 2.71. The molecule has 0 aliphatic carbocycles. The van der Waals surface area contributed by atoms with E-state index in [-0.39, 0.29) is 11.2 Å². The molecular formula is C17H28FNO. The minimum atomic E-state index is -0.142. The molecule has 0 amide bonds. The minimum absolute atomic E-state index is 0.142. The van der Waals surface area contributed by atoms with Gasteiger partial charge in [-0.3, -0.25) is 0 Å². The maximum atomic E-state index is 13.4. The molecule has 2 nitrogen and oxygen atoms in total. The molecule has 0 aliphatic rings. The Morgan fingerprint density at radius 1 is 1.35 bits per heavy atom. The van der Waals surface area contributed by atoms with Crippen molar-refractivity contribution >= 4 is 0 Å².